The summed E-state index contributed by atoms with van der Waals surface area (Å²) in [5.41, 5.74) is 0.213. The number of carbonyl (C=O) groups excluding carboxylic acids is 2. The maximum Gasteiger partial charge on any atom is 0.387 e. The molecule has 1 aliphatic rings. The van der Waals surface area contributed by atoms with E-state index in [0.29, 0.717) is 25.9 Å². The molecule has 2 amide bonds. The third-order valence-electron chi connectivity index (χ3n) is 4.35. The number of aryl methyl sites for hydroxylation is 1. The molecule has 1 N–H and O–H groups in total. The van der Waals surface area contributed by atoms with Crippen LogP contribution >= 0.6 is 0 Å². The average molecular weight is 340 g/mol. The van der Waals surface area contributed by atoms with Gasteiger partial charge >= 0.3 is 6.61 Å². The number of carbonyl (C=O) groups is 2. The van der Waals surface area contributed by atoms with Crippen molar-refractivity contribution in [3.63, 3.8) is 0 Å². The predicted octanol–water partition coefficient (Wildman–Crippen LogP) is 2.21. The summed E-state index contributed by atoms with van der Waals surface area (Å²) in [6.45, 7) is -0.0597. The molecule has 0 radical (unpaired) electrons. The minimum Gasteiger partial charge on any atom is -0.435 e. The minimum absolute atomic E-state index is 0.0391. The number of hydrogen-bond donors (Lipinski definition) is 1. The number of ether oxygens (including phenoxy) is 1. The molecule has 0 saturated carbocycles. The van der Waals surface area contributed by atoms with Crippen molar-refractivity contribution in [3.05, 3.63) is 29.8 Å². The van der Waals surface area contributed by atoms with E-state index in [1.165, 1.54) is 12.1 Å². The first-order valence-corrected chi connectivity index (χ1v) is 7.88. The van der Waals surface area contributed by atoms with Gasteiger partial charge in [-0.2, -0.15) is 8.78 Å². The number of nitrogens with one attached hydrogen (secondary N) is 1. The molecule has 1 unspecified atom stereocenters. The van der Waals surface area contributed by atoms with Crippen molar-refractivity contribution in [1.82, 2.24) is 10.2 Å². The fourth-order valence-electron chi connectivity index (χ4n) is 2.95. The van der Waals surface area contributed by atoms with Gasteiger partial charge in [0.05, 0.1) is 5.41 Å². The van der Waals surface area contributed by atoms with Gasteiger partial charge in [-0.25, -0.2) is 0 Å². The van der Waals surface area contributed by atoms with Gasteiger partial charge in [0, 0.05) is 26.6 Å². The maximum atomic E-state index is 12.3. The third kappa shape index (κ3) is 4.43. The van der Waals surface area contributed by atoms with Gasteiger partial charge in [0.2, 0.25) is 11.8 Å². The maximum absolute atomic E-state index is 12.3. The second-order valence-corrected chi connectivity index (χ2v) is 6.23. The Hall–Kier alpha value is -2.18. The lowest BCUT2D eigenvalue weighted by Gasteiger charge is -2.22. The lowest BCUT2D eigenvalue weighted by Crippen LogP contribution is -2.40. The van der Waals surface area contributed by atoms with Crippen molar-refractivity contribution in [2.24, 2.45) is 5.41 Å². The summed E-state index contributed by atoms with van der Waals surface area (Å²) in [7, 11) is 1.59. The monoisotopic (exact) mass is 340 g/mol. The summed E-state index contributed by atoms with van der Waals surface area (Å²) in [5, 5.41) is 2.63. The molecule has 5 nitrogen and oxygen atoms in total. The van der Waals surface area contributed by atoms with E-state index in [9.17, 15) is 18.4 Å². The van der Waals surface area contributed by atoms with Gasteiger partial charge in [-0.05, 0) is 37.5 Å². The van der Waals surface area contributed by atoms with Crippen LogP contribution in [0.15, 0.2) is 24.3 Å². The first kappa shape index (κ1) is 18.2. The molecule has 24 heavy (non-hydrogen) atoms. The van der Waals surface area contributed by atoms with Crippen LogP contribution in [-0.4, -0.2) is 43.5 Å². The Morgan fingerprint density at radius 1 is 1.42 bits per heavy atom. The van der Waals surface area contributed by atoms with Crippen molar-refractivity contribution in [2.45, 2.75) is 32.8 Å². The molecular formula is C17H22F2N2O3. The van der Waals surface area contributed by atoms with Crippen LogP contribution in [0.3, 0.4) is 0 Å². The fourth-order valence-corrected chi connectivity index (χ4v) is 2.95. The summed E-state index contributed by atoms with van der Waals surface area (Å²) in [4.78, 5) is 25.9. The van der Waals surface area contributed by atoms with E-state index >= 15 is 0 Å². The Labute approximate surface area is 140 Å². The van der Waals surface area contributed by atoms with Crippen molar-refractivity contribution in [2.75, 3.05) is 20.1 Å². The minimum atomic E-state index is -2.87. The molecule has 1 heterocycles. The van der Waals surface area contributed by atoms with Crippen LogP contribution in [0.2, 0.25) is 0 Å². The number of halogens is 2. The molecule has 1 aliphatic heterocycles. The van der Waals surface area contributed by atoms with E-state index in [-0.39, 0.29) is 24.0 Å². The van der Waals surface area contributed by atoms with Gasteiger partial charge in [-0.15, -0.1) is 0 Å². The molecule has 2 rings (SSSR count). The summed E-state index contributed by atoms with van der Waals surface area (Å²) in [6, 6.07) is 6.35. The Bertz CT molecular complexity index is 609. The lowest BCUT2D eigenvalue weighted by atomic mass is 9.89. The Morgan fingerprint density at radius 2 is 2.17 bits per heavy atom. The number of rotatable bonds is 6. The summed E-state index contributed by atoms with van der Waals surface area (Å²) < 4.78 is 28.8. The first-order valence-electron chi connectivity index (χ1n) is 7.88. The molecule has 1 aromatic rings. The van der Waals surface area contributed by atoms with Crippen molar-refractivity contribution < 1.29 is 23.1 Å². The van der Waals surface area contributed by atoms with Gasteiger partial charge in [0.15, 0.2) is 0 Å². The molecule has 132 valence electrons. The smallest absolute Gasteiger partial charge is 0.387 e. The summed E-state index contributed by atoms with van der Waals surface area (Å²) >= 11 is 0. The number of hydrogen-bond acceptors (Lipinski definition) is 3. The van der Waals surface area contributed by atoms with Crippen LogP contribution in [0.1, 0.15) is 25.3 Å². The van der Waals surface area contributed by atoms with E-state index in [0.717, 1.165) is 5.56 Å². The van der Waals surface area contributed by atoms with E-state index < -0.39 is 12.0 Å². The van der Waals surface area contributed by atoms with Gasteiger partial charge in [0.25, 0.3) is 0 Å². The van der Waals surface area contributed by atoms with Crippen molar-refractivity contribution >= 4 is 11.8 Å². The van der Waals surface area contributed by atoms with Crippen LogP contribution in [0.5, 0.6) is 5.75 Å². The zero-order chi connectivity index (χ0) is 17.7. The van der Waals surface area contributed by atoms with Gasteiger partial charge in [-0.1, -0.05) is 12.1 Å². The third-order valence-corrected chi connectivity index (χ3v) is 4.35. The molecular weight excluding hydrogens is 318 g/mol. The molecule has 1 aromatic carbocycles. The predicted molar refractivity (Wildman–Crippen MR) is 84.8 cm³/mol. The van der Waals surface area contributed by atoms with Crippen LogP contribution in [-0.2, 0) is 16.0 Å². The largest absolute Gasteiger partial charge is 0.435 e. The molecule has 1 fully saturated rings. The van der Waals surface area contributed by atoms with Crippen LogP contribution in [0.25, 0.3) is 0 Å². The summed E-state index contributed by atoms with van der Waals surface area (Å²) in [6.07, 6.45) is 1.34. The van der Waals surface area contributed by atoms with Crippen LogP contribution < -0.4 is 10.1 Å². The second-order valence-electron chi connectivity index (χ2n) is 6.23. The van der Waals surface area contributed by atoms with Crippen molar-refractivity contribution in [1.29, 1.82) is 0 Å². The Morgan fingerprint density at radius 3 is 2.83 bits per heavy atom. The molecule has 0 aliphatic carbocycles. The molecule has 7 heteroatoms. The number of benzene rings is 1. The van der Waals surface area contributed by atoms with Gasteiger partial charge in [-0.3, -0.25) is 9.59 Å². The Kier molecular flexibility index (Phi) is 5.75. The van der Waals surface area contributed by atoms with E-state index in [1.807, 2.05) is 6.92 Å². The fraction of sp³-hybridized carbons (Fsp3) is 0.529. The number of nitrogens with zero attached hydrogens (tertiary/aromatic N) is 1. The zero-order valence-corrected chi connectivity index (χ0v) is 13.9. The highest BCUT2D eigenvalue weighted by Gasteiger charge is 2.41. The first-order chi connectivity index (χ1) is 11.3. The SMILES string of the molecule is CNC(=O)C1(C)CCN(C(=O)CCc2cccc(OC(F)F)c2)C1. The molecule has 1 saturated heterocycles. The number of alkyl halides is 2. The number of likely N-dealkylation sites (tertiary alicyclic amines) is 1. The molecule has 0 aromatic heterocycles. The van der Waals surface area contributed by atoms with Crippen LogP contribution in [0, 0.1) is 5.41 Å². The topological polar surface area (TPSA) is 58.6 Å². The normalized spacial score (nSPS) is 20.3. The van der Waals surface area contributed by atoms with Gasteiger partial charge < -0.3 is 15.0 Å². The molecule has 0 bridgehead atoms. The summed E-state index contributed by atoms with van der Waals surface area (Å²) in [5.74, 6) is -0.0132. The Balaban J connectivity index is 1.89. The number of amides is 2. The second kappa shape index (κ2) is 7.59. The highest BCUT2D eigenvalue weighted by Crippen LogP contribution is 2.30. The van der Waals surface area contributed by atoms with Gasteiger partial charge in [0.1, 0.15) is 5.75 Å². The average Bonchev–Trinajstić information content (AvgIpc) is 2.95. The lowest BCUT2D eigenvalue weighted by molar-refractivity contribution is -0.132. The standard InChI is InChI=1S/C17H22F2N2O3/c1-17(15(23)20-2)8-9-21(11-17)14(22)7-6-12-4-3-5-13(10-12)24-16(18)19/h3-5,10,16H,6-9,11H2,1-2H3,(H,20,23). The van der Waals surface area contributed by atoms with E-state index in [2.05, 4.69) is 10.1 Å². The highest BCUT2D eigenvalue weighted by molar-refractivity contribution is 5.84. The van der Waals surface area contributed by atoms with E-state index in [4.69, 9.17) is 0 Å². The molecule has 0 spiro atoms. The van der Waals surface area contributed by atoms with E-state index in [1.54, 1.807) is 24.1 Å². The van der Waals surface area contributed by atoms with Crippen LogP contribution in [0.4, 0.5) is 8.78 Å². The quantitative estimate of drug-likeness (QED) is 0.864. The zero-order valence-electron chi connectivity index (χ0n) is 13.9. The molecule has 1 atom stereocenters. The highest BCUT2D eigenvalue weighted by atomic mass is 19.3. The van der Waals surface area contributed by atoms with Crippen molar-refractivity contribution in [3.8, 4) is 5.75 Å².